The van der Waals surface area contributed by atoms with Crippen LogP contribution in [0.2, 0.25) is 0 Å². The van der Waals surface area contributed by atoms with Crippen LogP contribution in [0.15, 0.2) is 18.2 Å². The molecule has 0 aromatic heterocycles. The number of hydrogen-bond donors (Lipinski definition) is 1. The molecule has 1 nitrogen and oxygen atoms in total. The highest BCUT2D eigenvalue weighted by Crippen LogP contribution is 2.32. The lowest BCUT2D eigenvalue weighted by Gasteiger charge is -2.23. The second kappa shape index (κ2) is 6.22. The molecule has 0 atom stereocenters. The molecule has 0 aliphatic heterocycles. The molecule has 1 aromatic rings. The highest BCUT2D eigenvalue weighted by molar-refractivity contribution is 7.80. The standard InChI is InChI=1S/C15H19F3OS/c1-10-8-11(4-6-12(10)15(16,17)18)5-7-13(20)14(2,3)9-19/h4,6,8,19H,5,7,9H2,1-3H3. The minimum atomic E-state index is -4.31. The molecule has 0 heterocycles. The van der Waals surface area contributed by atoms with Crippen molar-refractivity contribution in [1.82, 2.24) is 0 Å². The second-order valence-corrected chi connectivity index (χ2v) is 6.11. The summed E-state index contributed by atoms with van der Waals surface area (Å²) < 4.78 is 37.9. The van der Waals surface area contributed by atoms with Gasteiger partial charge < -0.3 is 5.11 Å². The van der Waals surface area contributed by atoms with Crippen molar-refractivity contribution >= 4 is 17.1 Å². The molecule has 1 N–H and O–H groups in total. The summed E-state index contributed by atoms with van der Waals surface area (Å²) in [6, 6.07) is 4.16. The summed E-state index contributed by atoms with van der Waals surface area (Å²) in [6.07, 6.45) is -3.15. The summed E-state index contributed by atoms with van der Waals surface area (Å²) in [5.74, 6) is 0. The Bertz CT molecular complexity index is 492. The van der Waals surface area contributed by atoms with E-state index in [0.29, 0.717) is 12.8 Å². The lowest BCUT2D eigenvalue weighted by atomic mass is 9.87. The number of halogens is 3. The van der Waals surface area contributed by atoms with Gasteiger partial charge in [-0.1, -0.05) is 38.2 Å². The average Bonchev–Trinajstić information content (AvgIpc) is 2.34. The van der Waals surface area contributed by atoms with E-state index in [0.717, 1.165) is 16.5 Å². The third-order valence-corrected chi connectivity index (χ3v) is 4.14. The molecule has 20 heavy (non-hydrogen) atoms. The molecule has 0 spiro atoms. The monoisotopic (exact) mass is 304 g/mol. The second-order valence-electron chi connectivity index (χ2n) is 5.61. The maximum Gasteiger partial charge on any atom is 0.416 e. The number of aryl methyl sites for hydroxylation is 2. The van der Waals surface area contributed by atoms with Crippen molar-refractivity contribution in [3.63, 3.8) is 0 Å². The van der Waals surface area contributed by atoms with Gasteiger partial charge in [0.05, 0.1) is 12.2 Å². The van der Waals surface area contributed by atoms with E-state index in [1.54, 1.807) is 6.07 Å². The Balaban J connectivity index is 2.77. The van der Waals surface area contributed by atoms with Crippen LogP contribution in [0.4, 0.5) is 13.2 Å². The highest BCUT2D eigenvalue weighted by atomic mass is 32.1. The molecule has 0 fully saturated rings. The first-order valence-corrected chi connectivity index (χ1v) is 6.79. The van der Waals surface area contributed by atoms with E-state index < -0.39 is 17.2 Å². The Morgan fingerprint density at radius 1 is 1.25 bits per heavy atom. The summed E-state index contributed by atoms with van der Waals surface area (Å²) in [5, 5.41) is 9.22. The van der Waals surface area contributed by atoms with Gasteiger partial charge in [-0.15, -0.1) is 0 Å². The molecule has 1 rings (SSSR count). The zero-order valence-corrected chi connectivity index (χ0v) is 12.7. The molecule has 112 valence electrons. The number of alkyl halides is 3. The third-order valence-electron chi connectivity index (χ3n) is 3.39. The van der Waals surface area contributed by atoms with E-state index in [4.69, 9.17) is 12.2 Å². The van der Waals surface area contributed by atoms with Gasteiger partial charge in [0.1, 0.15) is 0 Å². The Kier molecular flexibility index (Phi) is 5.33. The van der Waals surface area contributed by atoms with E-state index in [2.05, 4.69) is 0 Å². The predicted molar refractivity (Wildman–Crippen MR) is 78.0 cm³/mol. The van der Waals surface area contributed by atoms with Gasteiger partial charge in [0, 0.05) is 10.3 Å². The smallest absolute Gasteiger partial charge is 0.395 e. The highest BCUT2D eigenvalue weighted by Gasteiger charge is 2.32. The SMILES string of the molecule is Cc1cc(CCC(=S)C(C)(C)CO)ccc1C(F)(F)F. The van der Waals surface area contributed by atoms with Gasteiger partial charge in [0.2, 0.25) is 0 Å². The summed E-state index contributed by atoms with van der Waals surface area (Å²) in [6.45, 7) is 5.14. The topological polar surface area (TPSA) is 20.2 Å². The molecule has 0 bridgehead atoms. The predicted octanol–water partition coefficient (Wildman–Crippen LogP) is 4.33. The van der Waals surface area contributed by atoms with E-state index in [9.17, 15) is 18.3 Å². The number of rotatable bonds is 5. The molecule has 1 aromatic carbocycles. The maximum atomic E-state index is 12.6. The van der Waals surface area contributed by atoms with Crippen molar-refractivity contribution in [2.24, 2.45) is 5.41 Å². The quantitative estimate of drug-likeness (QED) is 0.817. The Hall–Kier alpha value is -0.940. The number of thiocarbonyl (C=S) groups is 1. The van der Waals surface area contributed by atoms with Crippen molar-refractivity contribution < 1.29 is 18.3 Å². The van der Waals surface area contributed by atoms with Gasteiger partial charge in [-0.25, -0.2) is 0 Å². The van der Waals surface area contributed by atoms with Crippen molar-refractivity contribution in [3.8, 4) is 0 Å². The summed E-state index contributed by atoms with van der Waals surface area (Å²) in [4.78, 5) is 0.734. The number of hydrogen-bond acceptors (Lipinski definition) is 2. The zero-order chi connectivity index (χ0) is 15.6. The molecule has 0 amide bonds. The molecule has 0 aliphatic carbocycles. The largest absolute Gasteiger partial charge is 0.416 e. The normalized spacial score (nSPS) is 12.6. The number of aliphatic hydroxyl groups is 1. The fraction of sp³-hybridized carbons (Fsp3) is 0.533. The minimum Gasteiger partial charge on any atom is -0.395 e. The Labute approximate surface area is 122 Å². The fourth-order valence-corrected chi connectivity index (χ4v) is 2.05. The van der Waals surface area contributed by atoms with Gasteiger partial charge >= 0.3 is 6.18 Å². The first kappa shape index (κ1) is 17.1. The van der Waals surface area contributed by atoms with E-state index in [-0.39, 0.29) is 12.2 Å². The molecule has 0 saturated carbocycles. The van der Waals surface area contributed by atoms with Crippen LogP contribution in [-0.2, 0) is 12.6 Å². The Morgan fingerprint density at radius 3 is 2.30 bits per heavy atom. The van der Waals surface area contributed by atoms with E-state index in [1.165, 1.54) is 13.0 Å². The summed E-state index contributed by atoms with van der Waals surface area (Å²) in [5.41, 5.74) is 0.0180. The lowest BCUT2D eigenvalue weighted by molar-refractivity contribution is -0.138. The van der Waals surface area contributed by atoms with Crippen LogP contribution in [-0.4, -0.2) is 16.6 Å². The third kappa shape index (κ3) is 4.28. The lowest BCUT2D eigenvalue weighted by Crippen LogP contribution is -2.26. The molecule has 0 radical (unpaired) electrons. The summed E-state index contributed by atoms with van der Waals surface area (Å²) >= 11 is 5.27. The fourth-order valence-electron chi connectivity index (χ4n) is 1.88. The molecule has 5 heteroatoms. The average molecular weight is 304 g/mol. The van der Waals surface area contributed by atoms with Crippen molar-refractivity contribution in [1.29, 1.82) is 0 Å². The van der Waals surface area contributed by atoms with Crippen LogP contribution < -0.4 is 0 Å². The maximum absolute atomic E-state index is 12.6. The van der Waals surface area contributed by atoms with Crippen LogP contribution in [0.3, 0.4) is 0 Å². The van der Waals surface area contributed by atoms with Gasteiger partial charge in [-0.3, -0.25) is 0 Å². The molecule has 0 unspecified atom stereocenters. The number of aliphatic hydroxyl groups excluding tert-OH is 1. The van der Waals surface area contributed by atoms with E-state index >= 15 is 0 Å². The van der Waals surface area contributed by atoms with Gasteiger partial charge in [-0.05, 0) is 37.0 Å². The van der Waals surface area contributed by atoms with Gasteiger partial charge in [0.25, 0.3) is 0 Å². The zero-order valence-electron chi connectivity index (χ0n) is 11.8. The molecule has 0 saturated heterocycles. The molecular weight excluding hydrogens is 285 g/mol. The van der Waals surface area contributed by atoms with Crippen LogP contribution in [0.5, 0.6) is 0 Å². The molecular formula is C15H19F3OS. The van der Waals surface area contributed by atoms with Gasteiger partial charge in [0.15, 0.2) is 0 Å². The first-order valence-electron chi connectivity index (χ1n) is 6.39. The molecule has 0 aliphatic rings. The van der Waals surface area contributed by atoms with Crippen LogP contribution in [0.1, 0.15) is 37.0 Å². The van der Waals surface area contributed by atoms with Gasteiger partial charge in [-0.2, -0.15) is 13.2 Å². The minimum absolute atomic E-state index is 0.0299. The van der Waals surface area contributed by atoms with Crippen LogP contribution >= 0.6 is 12.2 Å². The van der Waals surface area contributed by atoms with Crippen LogP contribution in [0.25, 0.3) is 0 Å². The van der Waals surface area contributed by atoms with Crippen molar-refractivity contribution in [2.75, 3.05) is 6.61 Å². The van der Waals surface area contributed by atoms with Crippen molar-refractivity contribution in [2.45, 2.75) is 39.8 Å². The number of benzene rings is 1. The van der Waals surface area contributed by atoms with E-state index in [1.807, 2.05) is 13.8 Å². The van der Waals surface area contributed by atoms with Crippen molar-refractivity contribution in [3.05, 3.63) is 34.9 Å². The first-order chi connectivity index (χ1) is 9.08. The Morgan fingerprint density at radius 2 is 1.85 bits per heavy atom. The van der Waals surface area contributed by atoms with Crippen LogP contribution in [0, 0.1) is 12.3 Å². The summed E-state index contributed by atoms with van der Waals surface area (Å²) in [7, 11) is 0.